The molecule has 3 aromatic heterocycles. The molecule has 0 aliphatic carbocycles. The van der Waals surface area contributed by atoms with Crippen LogP contribution in [0.5, 0.6) is 0 Å². The molecule has 0 aromatic carbocycles. The second-order valence-electron chi connectivity index (χ2n) is 13.6. The molecule has 5 heterocycles. The summed E-state index contributed by atoms with van der Waals surface area (Å²) < 4.78 is 13.6. The Labute approximate surface area is 248 Å². The number of aromatic nitrogens is 4. The number of amides is 1. The Morgan fingerprint density at radius 3 is 2.48 bits per heavy atom. The van der Waals surface area contributed by atoms with Crippen molar-refractivity contribution in [2.75, 3.05) is 37.7 Å². The van der Waals surface area contributed by atoms with Gasteiger partial charge in [-0.1, -0.05) is 26.8 Å². The van der Waals surface area contributed by atoms with E-state index >= 15 is 0 Å². The average Bonchev–Trinajstić information content (AvgIpc) is 3.30. The summed E-state index contributed by atoms with van der Waals surface area (Å²) in [5, 5.41) is 5.95. The minimum atomic E-state index is -0.520. The summed E-state index contributed by atoms with van der Waals surface area (Å²) in [7, 11) is 0. The van der Waals surface area contributed by atoms with Crippen molar-refractivity contribution in [2.45, 2.75) is 85.5 Å². The van der Waals surface area contributed by atoms with Crippen LogP contribution in [0.1, 0.15) is 79.1 Å². The van der Waals surface area contributed by atoms with E-state index in [1.165, 1.54) is 0 Å². The third kappa shape index (κ3) is 7.27. The van der Waals surface area contributed by atoms with Gasteiger partial charge < -0.3 is 19.3 Å². The molecule has 0 saturated carbocycles. The van der Waals surface area contributed by atoms with Crippen molar-refractivity contribution in [3.63, 3.8) is 0 Å². The second kappa shape index (κ2) is 12.0. The Kier molecular flexibility index (Phi) is 8.55. The Hall–Kier alpha value is -3.53. The van der Waals surface area contributed by atoms with Crippen molar-refractivity contribution < 1.29 is 19.1 Å². The first-order valence-electron chi connectivity index (χ1n) is 15.1. The monoisotopic (exact) mass is 576 g/mol. The summed E-state index contributed by atoms with van der Waals surface area (Å²) in [6.07, 6.45) is 5.18. The van der Waals surface area contributed by atoms with Gasteiger partial charge in [0.1, 0.15) is 22.9 Å². The van der Waals surface area contributed by atoms with Gasteiger partial charge in [-0.15, -0.1) is 0 Å². The first-order valence-corrected chi connectivity index (χ1v) is 15.1. The Balaban J connectivity index is 1.42. The molecule has 1 amide bonds. The summed E-state index contributed by atoms with van der Waals surface area (Å²) in [5.74, 6) is 1.01. The predicted molar refractivity (Wildman–Crippen MR) is 162 cm³/mol. The molecule has 1 atom stereocenters. The normalized spacial score (nSPS) is 18.4. The lowest BCUT2D eigenvalue weighted by Crippen LogP contribution is -2.50. The largest absolute Gasteiger partial charge is 0.444 e. The lowest BCUT2D eigenvalue weighted by atomic mass is 9.88. The molecule has 10 heteroatoms. The predicted octanol–water partition coefficient (Wildman–Crippen LogP) is 5.80. The lowest BCUT2D eigenvalue weighted by molar-refractivity contribution is -0.120. The first kappa shape index (κ1) is 29.9. The maximum Gasteiger partial charge on any atom is 0.410 e. The number of carbonyl (C=O) groups is 2. The third-order valence-electron chi connectivity index (χ3n) is 7.42. The highest BCUT2D eigenvalue weighted by Gasteiger charge is 2.28. The third-order valence-corrected chi connectivity index (χ3v) is 7.42. The van der Waals surface area contributed by atoms with Crippen molar-refractivity contribution in [3.8, 4) is 11.4 Å². The van der Waals surface area contributed by atoms with Crippen LogP contribution < -0.4 is 4.90 Å². The van der Waals surface area contributed by atoms with Crippen LogP contribution in [0.3, 0.4) is 0 Å². The molecule has 0 N–H and O–H groups in total. The number of fused-ring (bicyclic) bond motifs is 1. The summed E-state index contributed by atoms with van der Waals surface area (Å²) in [4.78, 5) is 39.0. The van der Waals surface area contributed by atoms with Gasteiger partial charge in [-0.05, 0) is 63.6 Å². The number of carbonyl (C=O) groups excluding carboxylic acids is 2. The summed E-state index contributed by atoms with van der Waals surface area (Å²) in [6, 6.07) is 7.95. The van der Waals surface area contributed by atoms with Crippen molar-refractivity contribution in [2.24, 2.45) is 5.41 Å². The molecular weight excluding hydrogens is 532 g/mol. The van der Waals surface area contributed by atoms with Gasteiger partial charge in [0, 0.05) is 56.7 Å². The number of rotatable bonds is 6. The fraction of sp³-hybridized carbons (Fsp3) is 0.594. The highest BCUT2D eigenvalue weighted by atomic mass is 16.6. The van der Waals surface area contributed by atoms with Gasteiger partial charge in [0.15, 0.2) is 6.23 Å². The van der Waals surface area contributed by atoms with E-state index in [1.54, 1.807) is 4.90 Å². The maximum absolute atomic E-state index is 12.8. The van der Waals surface area contributed by atoms with E-state index in [-0.39, 0.29) is 29.9 Å². The molecule has 2 fully saturated rings. The van der Waals surface area contributed by atoms with E-state index in [9.17, 15) is 9.59 Å². The van der Waals surface area contributed by atoms with Crippen LogP contribution in [-0.4, -0.2) is 74.9 Å². The molecule has 5 rings (SSSR count). The van der Waals surface area contributed by atoms with E-state index in [1.807, 2.05) is 55.9 Å². The zero-order chi connectivity index (χ0) is 30.1. The molecule has 0 bridgehead atoms. The molecule has 42 heavy (non-hydrogen) atoms. The molecular formula is C32H44N6O4. The van der Waals surface area contributed by atoms with Gasteiger partial charge in [-0.25, -0.2) is 14.5 Å². The number of hydrogen-bond acceptors (Lipinski definition) is 8. The number of anilines is 1. The number of hydrogen-bond donors (Lipinski definition) is 0. The molecule has 2 saturated heterocycles. The quantitative estimate of drug-likeness (QED) is 0.363. The Morgan fingerprint density at radius 2 is 1.81 bits per heavy atom. The highest BCUT2D eigenvalue weighted by Crippen LogP contribution is 2.33. The van der Waals surface area contributed by atoms with Gasteiger partial charge in [0.05, 0.1) is 17.4 Å². The molecule has 0 spiro atoms. The van der Waals surface area contributed by atoms with Crippen LogP contribution in [0.15, 0.2) is 30.5 Å². The first-order chi connectivity index (χ1) is 19.9. The smallest absolute Gasteiger partial charge is 0.410 e. The van der Waals surface area contributed by atoms with Crippen molar-refractivity contribution in [3.05, 3.63) is 36.2 Å². The lowest BCUT2D eigenvalue weighted by Gasteiger charge is -2.36. The van der Waals surface area contributed by atoms with Gasteiger partial charge in [-0.3, -0.25) is 9.78 Å². The number of nitrogens with zero attached hydrogens (tertiary/aromatic N) is 6. The van der Waals surface area contributed by atoms with Crippen LogP contribution in [0.25, 0.3) is 22.3 Å². The van der Waals surface area contributed by atoms with Crippen LogP contribution in [0, 0.1) is 5.41 Å². The zero-order valence-electron chi connectivity index (χ0n) is 25.9. The van der Waals surface area contributed by atoms with Gasteiger partial charge in [-0.2, -0.15) is 5.10 Å². The highest BCUT2D eigenvalue weighted by molar-refractivity contribution is 5.93. The Bertz CT molecular complexity index is 1420. The maximum atomic E-state index is 12.8. The van der Waals surface area contributed by atoms with Gasteiger partial charge >= 0.3 is 6.09 Å². The summed E-state index contributed by atoms with van der Waals surface area (Å²) in [6.45, 7) is 15.0. The van der Waals surface area contributed by atoms with E-state index in [0.29, 0.717) is 39.2 Å². The van der Waals surface area contributed by atoms with E-state index in [2.05, 4.69) is 30.7 Å². The number of Topliss-reactive ketones (excluding diaryl/α,β-unsaturated/α-hetero) is 1. The number of ketones is 1. The van der Waals surface area contributed by atoms with Crippen molar-refractivity contribution in [1.82, 2.24) is 24.6 Å². The fourth-order valence-electron chi connectivity index (χ4n) is 5.53. The minimum Gasteiger partial charge on any atom is -0.444 e. The SMILES string of the molecule is CC(C)(C)CC(=O)Cc1cc2c(-c3cccc(N4CCN(C(=O)OC(C)(C)C)CC4)n3)nn(C3CCCCO3)c2cn1. The molecule has 10 nitrogen and oxygen atoms in total. The number of piperazine rings is 1. The van der Waals surface area contributed by atoms with Crippen LogP contribution in [0.2, 0.25) is 0 Å². The molecule has 226 valence electrons. The average molecular weight is 577 g/mol. The summed E-state index contributed by atoms with van der Waals surface area (Å²) >= 11 is 0. The van der Waals surface area contributed by atoms with Crippen LogP contribution in [0.4, 0.5) is 10.6 Å². The number of ether oxygens (including phenoxy) is 2. The Morgan fingerprint density at radius 1 is 1.05 bits per heavy atom. The van der Waals surface area contributed by atoms with Crippen molar-refractivity contribution in [1.29, 1.82) is 0 Å². The van der Waals surface area contributed by atoms with Gasteiger partial charge in [0.25, 0.3) is 0 Å². The molecule has 1 unspecified atom stereocenters. The van der Waals surface area contributed by atoms with E-state index in [0.717, 1.165) is 53.1 Å². The molecule has 2 aliphatic rings. The molecule has 3 aromatic rings. The van der Waals surface area contributed by atoms with E-state index in [4.69, 9.17) is 19.6 Å². The number of pyridine rings is 2. The molecule has 0 radical (unpaired) electrons. The topological polar surface area (TPSA) is 103 Å². The van der Waals surface area contributed by atoms with E-state index < -0.39 is 5.60 Å². The second-order valence-corrected chi connectivity index (χ2v) is 13.6. The van der Waals surface area contributed by atoms with Gasteiger partial charge in [0.2, 0.25) is 0 Å². The fourth-order valence-corrected chi connectivity index (χ4v) is 5.53. The van der Waals surface area contributed by atoms with Crippen LogP contribution >= 0.6 is 0 Å². The molecule has 2 aliphatic heterocycles. The summed E-state index contributed by atoms with van der Waals surface area (Å²) in [5.41, 5.74) is 2.52. The minimum absolute atomic E-state index is 0.0711. The van der Waals surface area contributed by atoms with Crippen molar-refractivity contribution >= 4 is 28.6 Å². The zero-order valence-corrected chi connectivity index (χ0v) is 25.9. The standard InChI is InChI=1S/C32H44N6O4/c1-31(2,3)20-23(39)18-22-19-24-26(21-33-22)38(28-12-7-8-17-41-28)35-29(24)25-10-9-11-27(34-25)36-13-15-37(16-14-36)30(40)42-32(4,5)6/h9-11,19,21,28H,7-8,12-18,20H2,1-6H3. The van der Waals surface area contributed by atoms with Crippen LogP contribution in [-0.2, 0) is 20.7 Å².